The maximum absolute atomic E-state index is 6.46. The molecule has 0 fully saturated rings. The van der Waals surface area contributed by atoms with E-state index in [4.69, 9.17) is 9.40 Å². The van der Waals surface area contributed by atoms with E-state index in [0.29, 0.717) is 5.89 Å². The van der Waals surface area contributed by atoms with Crippen LogP contribution in [0.15, 0.2) is 186 Å². The van der Waals surface area contributed by atoms with Crippen molar-refractivity contribution < 1.29 is 4.42 Å². The molecule has 0 atom stereocenters. The quantitative estimate of drug-likeness (QED) is 0.187. The largest absolute Gasteiger partial charge is 0.435 e. The Morgan fingerprint density at radius 2 is 1.08 bits per heavy atom. The number of rotatable bonds is 6. The van der Waals surface area contributed by atoms with Crippen LogP contribution in [0.2, 0.25) is 0 Å². The molecule has 0 radical (unpaired) electrons. The molecule has 0 N–H and O–H groups in total. The van der Waals surface area contributed by atoms with Crippen molar-refractivity contribution in [3.05, 3.63) is 182 Å². The molecule has 3 heteroatoms. The summed E-state index contributed by atoms with van der Waals surface area (Å²) in [6.45, 7) is 0. The summed E-state index contributed by atoms with van der Waals surface area (Å²) in [5.41, 5.74) is 10.6. The van der Waals surface area contributed by atoms with Gasteiger partial charge in [-0.15, -0.1) is 0 Å². The smallest absolute Gasteiger partial charge is 0.227 e. The molecular weight excluding hydrogens is 585 g/mol. The molecule has 1 heterocycles. The van der Waals surface area contributed by atoms with Crippen LogP contribution in [-0.2, 0) is 0 Å². The fourth-order valence-corrected chi connectivity index (χ4v) is 6.85. The third-order valence-corrected chi connectivity index (χ3v) is 9.09. The number of hydrogen-bond donors (Lipinski definition) is 0. The lowest BCUT2D eigenvalue weighted by Crippen LogP contribution is -2.10. The van der Waals surface area contributed by atoms with Gasteiger partial charge in [-0.3, -0.25) is 0 Å². The standard InChI is InChI=1S/C45H30N2O/c1-4-14-32(15-5-1)41-30-35(26-27-38(41)37-23-12-19-31-16-10-11-22-36(31)37)47(34-20-8-3-9-21-34)43-25-13-24-40-39(43)28-29-42-44(40)48-45(46-42)33-17-6-2-7-18-33/h1-30H. The maximum Gasteiger partial charge on any atom is 0.227 e. The Bertz CT molecular complexity index is 2550. The molecule has 1 aromatic heterocycles. The van der Waals surface area contributed by atoms with Crippen molar-refractivity contribution in [1.82, 2.24) is 4.98 Å². The average Bonchev–Trinajstić information content (AvgIpc) is 3.61. The highest BCUT2D eigenvalue weighted by molar-refractivity contribution is 6.10. The monoisotopic (exact) mass is 614 g/mol. The Morgan fingerprint density at radius 3 is 1.90 bits per heavy atom. The molecule has 0 saturated heterocycles. The summed E-state index contributed by atoms with van der Waals surface area (Å²) < 4.78 is 6.46. The molecule has 9 rings (SSSR count). The van der Waals surface area contributed by atoms with Gasteiger partial charge in [0.05, 0.1) is 5.69 Å². The van der Waals surface area contributed by atoms with Gasteiger partial charge in [0, 0.05) is 27.7 Å². The highest BCUT2D eigenvalue weighted by Crippen LogP contribution is 2.44. The highest BCUT2D eigenvalue weighted by atomic mass is 16.3. The number of para-hydroxylation sites is 1. The molecule has 3 nitrogen and oxygen atoms in total. The lowest BCUT2D eigenvalue weighted by Gasteiger charge is -2.28. The minimum Gasteiger partial charge on any atom is -0.435 e. The van der Waals surface area contributed by atoms with Crippen molar-refractivity contribution in [1.29, 1.82) is 0 Å². The van der Waals surface area contributed by atoms with Crippen LogP contribution >= 0.6 is 0 Å². The second kappa shape index (κ2) is 11.7. The lowest BCUT2D eigenvalue weighted by molar-refractivity contribution is 0.623. The molecule has 0 aliphatic rings. The van der Waals surface area contributed by atoms with Gasteiger partial charge >= 0.3 is 0 Å². The van der Waals surface area contributed by atoms with Crippen LogP contribution in [0.3, 0.4) is 0 Å². The number of benzene rings is 8. The van der Waals surface area contributed by atoms with Gasteiger partial charge in [-0.25, -0.2) is 4.98 Å². The fraction of sp³-hybridized carbons (Fsp3) is 0. The van der Waals surface area contributed by atoms with Gasteiger partial charge in [-0.2, -0.15) is 0 Å². The van der Waals surface area contributed by atoms with Gasteiger partial charge in [0.1, 0.15) is 5.52 Å². The van der Waals surface area contributed by atoms with E-state index in [1.54, 1.807) is 0 Å². The van der Waals surface area contributed by atoms with Gasteiger partial charge in [-0.05, 0) is 87.6 Å². The first kappa shape index (κ1) is 27.8. The van der Waals surface area contributed by atoms with E-state index in [9.17, 15) is 0 Å². The Hall–Kier alpha value is -6.45. The van der Waals surface area contributed by atoms with Crippen LogP contribution in [0, 0.1) is 0 Å². The Labute approximate surface area is 279 Å². The summed E-state index contributed by atoms with van der Waals surface area (Å²) in [6, 6.07) is 64.1. The Balaban J connectivity index is 1.27. The minimum absolute atomic E-state index is 0.625. The van der Waals surface area contributed by atoms with Crippen molar-refractivity contribution in [2.24, 2.45) is 0 Å². The number of oxazole rings is 1. The molecule has 0 bridgehead atoms. The van der Waals surface area contributed by atoms with Crippen LogP contribution in [0.25, 0.3) is 66.4 Å². The molecule has 0 aliphatic heterocycles. The first-order valence-corrected chi connectivity index (χ1v) is 16.2. The molecule has 9 aromatic rings. The SMILES string of the molecule is c1ccc(-c2nc3ccc4c(N(c5ccccc5)c5ccc(-c6cccc7ccccc67)c(-c6ccccc6)c5)cccc4c3o2)cc1. The van der Waals surface area contributed by atoms with Crippen LogP contribution in [-0.4, -0.2) is 4.98 Å². The highest BCUT2D eigenvalue weighted by Gasteiger charge is 2.20. The summed E-state index contributed by atoms with van der Waals surface area (Å²) in [4.78, 5) is 7.20. The lowest BCUT2D eigenvalue weighted by atomic mass is 9.90. The van der Waals surface area contributed by atoms with Gasteiger partial charge < -0.3 is 9.32 Å². The van der Waals surface area contributed by atoms with Gasteiger partial charge in [0.25, 0.3) is 0 Å². The van der Waals surface area contributed by atoms with E-state index in [2.05, 4.69) is 157 Å². The van der Waals surface area contributed by atoms with Crippen molar-refractivity contribution in [2.75, 3.05) is 4.90 Å². The Morgan fingerprint density at radius 1 is 0.417 bits per heavy atom. The first-order chi connectivity index (χ1) is 23.8. The predicted octanol–water partition coefficient (Wildman–Crippen LogP) is 12.6. The second-order valence-electron chi connectivity index (χ2n) is 12.0. The minimum atomic E-state index is 0.625. The van der Waals surface area contributed by atoms with Crippen LogP contribution in [0.5, 0.6) is 0 Å². The van der Waals surface area contributed by atoms with Crippen LogP contribution < -0.4 is 4.90 Å². The zero-order valence-corrected chi connectivity index (χ0v) is 26.1. The van der Waals surface area contributed by atoms with E-state index in [1.807, 2.05) is 30.3 Å². The molecule has 0 saturated carbocycles. The molecule has 8 aromatic carbocycles. The van der Waals surface area contributed by atoms with Crippen molar-refractivity contribution in [3.63, 3.8) is 0 Å². The fourth-order valence-electron chi connectivity index (χ4n) is 6.85. The summed E-state index contributed by atoms with van der Waals surface area (Å²) in [7, 11) is 0. The number of aromatic nitrogens is 1. The summed E-state index contributed by atoms with van der Waals surface area (Å²) in [5.74, 6) is 0.625. The molecule has 0 spiro atoms. The molecule has 226 valence electrons. The molecule has 0 amide bonds. The molecule has 0 aliphatic carbocycles. The average molecular weight is 615 g/mol. The van der Waals surface area contributed by atoms with Crippen LogP contribution in [0.1, 0.15) is 0 Å². The Kier molecular flexibility index (Phi) is 6.80. The topological polar surface area (TPSA) is 29.3 Å². The molecule has 0 unspecified atom stereocenters. The molecular formula is C45H30N2O. The number of nitrogens with zero attached hydrogens (tertiary/aromatic N) is 2. The van der Waals surface area contributed by atoms with E-state index in [0.717, 1.165) is 44.5 Å². The normalized spacial score (nSPS) is 11.3. The van der Waals surface area contributed by atoms with E-state index >= 15 is 0 Å². The number of fused-ring (bicyclic) bond motifs is 4. The van der Waals surface area contributed by atoms with Gasteiger partial charge in [0.15, 0.2) is 5.58 Å². The van der Waals surface area contributed by atoms with E-state index in [1.165, 1.54) is 33.0 Å². The zero-order chi connectivity index (χ0) is 31.9. The van der Waals surface area contributed by atoms with E-state index in [-0.39, 0.29) is 0 Å². The summed E-state index contributed by atoms with van der Waals surface area (Å²) in [5, 5.41) is 4.58. The zero-order valence-electron chi connectivity index (χ0n) is 26.1. The predicted molar refractivity (Wildman–Crippen MR) is 200 cm³/mol. The van der Waals surface area contributed by atoms with Gasteiger partial charge in [0.2, 0.25) is 5.89 Å². The number of hydrogen-bond acceptors (Lipinski definition) is 3. The van der Waals surface area contributed by atoms with Crippen molar-refractivity contribution >= 4 is 49.7 Å². The first-order valence-electron chi connectivity index (χ1n) is 16.2. The summed E-state index contributed by atoms with van der Waals surface area (Å²) in [6.07, 6.45) is 0. The van der Waals surface area contributed by atoms with Crippen molar-refractivity contribution in [3.8, 4) is 33.7 Å². The maximum atomic E-state index is 6.46. The van der Waals surface area contributed by atoms with Gasteiger partial charge in [-0.1, -0.05) is 127 Å². The third kappa shape index (κ3) is 4.81. The summed E-state index contributed by atoms with van der Waals surface area (Å²) >= 11 is 0. The van der Waals surface area contributed by atoms with Crippen molar-refractivity contribution in [2.45, 2.75) is 0 Å². The second-order valence-corrected chi connectivity index (χ2v) is 12.0. The molecule has 48 heavy (non-hydrogen) atoms. The number of anilines is 3. The van der Waals surface area contributed by atoms with E-state index < -0.39 is 0 Å². The van der Waals surface area contributed by atoms with Crippen LogP contribution in [0.4, 0.5) is 17.1 Å². The third-order valence-electron chi connectivity index (χ3n) is 9.09.